The molecule has 5 nitrogen and oxygen atoms in total. The SMILES string of the molecule is Cc1cc(-c2nc(C#N)nc3c2ccn3C)ccc1CCCCN1CCCC1. The normalized spacial score (nSPS) is 14.6. The molecule has 0 spiro atoms. The lowest BCUT2D eigenvalue weighted by Crippen LogP contribution is -2.20. The number of likely N-dealkylation sites (tertiary alicyclic amines) is 1. The van der Waals surface area contributed by atoms with Crippen molar-refractivity contribution < 1.29 is 0 Å². The largest absolute Gasteiger partial charge is 0.335 e. The van der Waals surface area contributed by atoms with E-state index >= 15 is 0 Å². The number of aryl methyl sites for hydroxylation is 3. The molecule has 0 atom stereocenters. The molecule has 144 valence electrons. The number of fused-ring (bicyclic) bond motifs is 1. The van der Waals surface area contributed by atoms with Crippen LogP contribution in [0, 0.1) is 18.3 Å². The van der Waals surface area contributed by atoms with Gasteiger partial charge in [0.15, 0.2) is 0 Å². The minimum Gasteiger partial charge on any atom is -0.335 e. The van der Waals surface area contributed by atoms with Crippen molar-refractivity contribution in [1.82, 2.24) is 19.4 Å². The first kappa shape index (κ1) is 18.6. The summed E-state index contributed by atoms with van der Waals surface area (Å²) in [6.45, 7) is 5.98. The van der Waals surface area contributed by atoms with Gasteiger partial charge in [-0.25, -0.2) is 9.97 Å². The molecule has 0 radical (unpaired) electrons. The fourth-order valence-electron chi connectivity index (χ4n) is 4.19. The summed E-state index contributed by atoms with van der Waals surface area (Å²) in [6.07, 6.45) is 8.31. The zero-order chi connectivity index (χ0) is 19.5. The Bertz CT molecular complexity index is 1020. The Morgan fingerprint density at radius 2 is 1.93 bits per heavy atom. The molecule has 5 heteroatoms. The van der Waals surface area contributed by atoms with Crippen molar-refractivity contribution in [3.8, 4) is 17.3 Å². The second kappa shape index (κ2) is 8.12. The Balaban J connectivity index is 1.51. The maximum Gasteiger partial charge on any atom is 0.234 e. The van der Waals surface area contributed by atoms with Gasteiger partial charge in [-0.15, -0.1) is 0 Å². The summed E-state index contributed by atoms with van der Waals surface area (Å²) in [6, 6.07) is 10.7. The van der Waals surface area contributed by atoms with E-state index in [1.54, 1.807) is 0 Å². The van der Waals surface area contributed by atoms with Crippen LogP contribution >= 0.6 is 0 Å². The van der Waals surface area contributed by atoms with Crippen molar-refractivity contribution in [3.63, 3.8) is 0 Å². The van der Waals surface area contributed by atoms with E-state index < -0.39 is 0 Å². The Kier molecular flexibility index (Phi) is 5.40. The molecule has 2 aromatic heterocycles. The number of rotatable bonds is 6. The summed E-state index contributed by atoms with van der Waals surface area (Å²) in [7, 11) is 1.94. The average molecular weight is 374 g/mol. The highest BCUT2D eigenvalue weighted by atomic mass is 15.1. The Morgan fingerprint density at radius 3 is 2.68 bits per heavy atom. The molecular weight excluding hydrogens is 346 g/mol. The summed E-state index contributed by atoms with van der Waals surface area (Å²) < 4.78 is 1.93. The van der Waals surface area contributed by atoms with Crippen molar-refractivity contribution in [2.45, 2.75) is 39.0 Å². The molecule has 0 amide bonds. The summed E-state index contributed by atoms with van der Waals surface area (Å²) in [5, 5.41) is 10.3. The van der Waals surface area contributed by atoms with Crippen molar-refractivity contribution in [2.75, 3.05) is 19.6 Å². The van der Waals surface area contributed by atoms with Crippen LogP contribution in [0.1, 0.15) is 42.6 Å². The van der Waals surface area contributed by atoms with Gasteiger partial charge < -0.3 is 9.47 Å². The van der Waals surface area contributed by atoms with Crippen LogP contribution in [0.25, 0.3) is 22.3 Å². The Hall–Kier alpha value is -2.71. The number of aromatic nitrogens is 3. The lowest BCUT2D eigenvalue weighted by atomic mass is 9.98. The third-order valence-electron chi connectivity index (χ3n) is 5.81. The van der Waals surface area contributed by atoms with Gasteiger partial charge >= 0.3 is 0 Å². The first-order valence-corrected chi connectivity index (χ1v) is 10.2. The lowest BCUT2D eigenvalue weighted by molar-refractivity contribution is 0.330. The van der Waals surface area contributed by atoms with E-state index in [9.17, 15) is 5.26 Å². The molecule has 0 unspecified atom stereocenters. The Morgan fingerprint density at radius 1 is 1.11 bits per heavy atom. The minimum atomic E-state index is 0.216. The molecule has 1 aromatic carbocycles. The van der Waals surface area contributed by atoms with Crippen molar-refractivity contribution >= 4 is 11.0 Å². The highest BCUT2D eigenvalue weighted by Crippen LogP contribution is 2.28. The molecule has 0 aliphatic carbocycles. The smallest absolute Gasteiger partial charge is 0.234 e. The highest BCUT2D eigenvalue weighted by molar-refractivity contribution is 5.91. The predicted molar refractivity (Wildman–Crippen MR) is 112 cm³/mol. The number of hydrogen-bond donors (Lipinski definition) is 0. The number of benzene rings is 1. The number of unbranched alkanes of at least 4 members (excludes halogenated alkanes) is 1. The van der Waals surface area contributed by atoms with Crippen LogP contribution in [-0.2, 0) is 13.5 Å². The van der Waals surface area contributed by atoms with Crippen molar-refractivity contribution in [2.24, 2.45) is 7.05 Å². The van der Waals surface area contributed by atoms with Gasteiger partial charge in [0, 0.05) is 24.2 Å². The van der Waals surface area contributed by atoms with Crippen molar-refractivity contribution in [1.29, 1.82) is 5.26 Å². The number of nitrogens with zero attached hydrogens (tertiary/aromatic N) is 5. The van der Waals surface area contributed by atoms with Gasteiger partial charge in [-0.05, 0) is 81.9 Å². The highest BCUT2D eigenvalue weighted by Gasteiger charge is 2.14. The van der Waals surface area contributed by atoms with E-state index in [1.807, 2.05) is 23.9 Å². The van der Waals surface area contributed by atoms with Crippen LogP contribution in [0.5, 0.6) is 0 Å². The maximum absolute atomic E-state index is 9.31. The van der Waals surface area contributed by atoms with Gasteiger partial charge in [0.2, 0.25) is 5.82 Å². The third kappa shape index (κ3) is 3.79. The van der Waals surface area contributed by atoms with Gasteiger partial charge in [0.05, 0.1) is 5.69 Å². The van der Waals surface area contributed by atoms with Crippen LogP contribution in [0.2, 0.25) is 0 Å². The summed E-state index contributed by atoms with van der Waals surface area (Å²) in [5.74, 6) is 0.216. The predicted octanol–water partition coefficient (Wildman–Crippen LogP) is 4.23. The van der Waals surface area contributed by atoms with Crippen LogP contribution in [0.15, 0.2) is 30.5 Å². The maximum atomic E-state index is 9.31. The number of hydrogen-bond acceptors (Lipinski definition) is 4. The van der Waals surface area contributed by atoms with Crippen LogP contribution < -0.4 is 0 Å². The molecule has 4 rings (SSSR count). The zero-order valence-electron chi connectivity index (χ0n) is 16.8. The van der Waals surface area contributed by atoms with Crippen LogP contribution in [0.4, 0.5) is 0 Å². The topological polar surface area (TPSA) is 57.7 Å². The van der Waals surface area contributed by atoms with E-state index in [1.165, 1.54) is 56.4 Å². The molecule has 28 heavy (non-hydrogen) atoms. The second-order valence-corrected chi connectivity index (χ2v) is 7.82. The summed E-state index contributed by atoms with van der Waals surface area (Å²) in [5.41, 5.74) is 5.38. The molecule has 0 bridgehead atoms. The second-order valence-electron chi connectivity index (χ2n) is 7.82. The quantitative estimate of drug-likeness (QED) is 0.607. The lowest BCUT2D eigenvalue weighted by Gasteiger charge is -2.14. The molecule has 1 fully saturated rings. The molecule has 1 aliphatic heterocycles. The first-order chi connectivity index (χ1) is 13.7. The molecule has 0 N–H and O–H groups in total. The van der Waals surface area contributed by atoms with Gasteiger partial charge in [0.25, 0.3) is 0 Å². The van der Waals surface area contributed by atoms with Gasteiger partial charge in [0.1, 0.15) is 11.7 Å². The first-order valence-electron chi connectivity index (χ1n) is 10.2. The van der Waals surface area contributed by atoms with E-state index in [0.29, 0.717) is 0 Å². The van der Waals surface area contributed by atoms with Crippen LogP contribution in [0.3, 0.4) is 0 Å². The van der Waals surface area contributed by atoms with Gasteiger partial charge in [-0.2, -0.15) is 5.26 Å². The van der Waals surface area contributed by atoms with Gasteiger partial charge in [-0.3, -0.25) is 0 Å². The number of nitriles is 1. The molecule has 0 saturated carbocycles. The average Bonchev–Trinajstić information content (AvgIpc) is 3.35. The summed E-state index contributed by atoms with van der Waals surface area (Å²) >= 11 is 0. The molecule has 3 aromatic rings. The molecular formula is C23H27N5. The van der Waals surface area contributed by atoms with E-state index in [2.05, 4.69) is 46.1 Å². The standard InChI is InChI=1S/C23H27N5/c1-17-15-19(9-8-18(17)7-3-4-11-28-12-5-6-13-28)22-20-10-14-27(2)23(20)26-21(16-24)25-22/h8-10,14-15H,3-7,11-13H2,1-2H3. The monoisotopic (exact) mass is 373 g/mol. The fraction of sp³-hybridized carbons (Fsp3) is 0.435. The molecule has 1 saturated heterocycles. The molecule has 3 heterocycles. The van der Waals surface area contributed by atoms with E-state index in [0.717, 1.165) is 28.7 Å². The minimum absolute atomic E-state index is 0.216. The zero-order valence-corrected chi connectivity index (χ0v) is 16.8. The third-order valence-corrected chi connectivity index (χ3v) is 5.81. The van der Waals surface area contributed by atoms with Crippen LogP contribution in [-0.4, -0.2) is 39.1 Å². The molecule has 1 aliphatic rings. The Labute approximate surface area is 166 Å². The van der Waals surface area contributed by atoms with E-state index in [-0.39, 0.29) is 5.82 Å². The summed E-state index contributed by atoms with van der Waals surface area (Å²) in [4.78, 5) is 11.4. The van der Waals surface area contributed by atoms with E-state index in [4.69, 9.17) is 0 Å². The van der Waals surface area contributed by atoms with Crippen molar-refractivity contribution in [3.05, 3.63) is 47.4 Å². The fourth-order valence-corrected chi connectivity index (χ4v) is 4.19. The van der Waals surface area contributed by atoms with Gasteiger partial charge in [-0.1, -0.05) is 12.1 Å².